The Hall–Kier alpha value is -2.61. The van der Waals surface area contributed by atoms with Gasteiger partial charge in [-0.05, 0) is 26.3 Å². The van der Waals surface area contributed by atoms with E-state index < -0.39 is 36.0 Å². The number of aliphatic carboxylic acids is 1. The lowest BCUT2D eigenvalue weighted by Gasteiger charge is -2.23. The highest BCUT2D eigenvalue weighted by molar-refractivity contribution is 5.86. The van der Waals surface area contributed by atoms with Crippen molar-refractivity contribution in [2.24, 2.45) is 0 Å². The maximum Gasteiger partial charge on any atom is 0.408 e. The second kappa shape index (κ2) is 9.03. The smallest absolute Gasteiger partial charge is 0.408 e. The van der Waals surface area contributed by atoms with E-state index in [2.05, 4.69) is 5.32 Å². The van der Waals surface area contributed by atoms with Crippen LogP contribution in [0.5, 0.6) is 0 Å². The van der Waals surface area contributed by atoms with Crippen LogP contribution in [0, 0.1) is 0 Å². The van der Waals surface area contributed by atoms with Gasteiger partial charge in [0.05, 0.1) is 6.42 Å². The lowest BCUT2D eigenvalue weighted by Crippen LogP contribution is -2.46. The summed E-state index contributed by atoms with van der Waals surface area (Å²) in [6.45, 7) is 5.12. The molecule has 0 fully saturated rings. The Balaban J connectivity index is 2.54. The Morgan fingerprint density at radius 3 is 2.32 bits per heavy atom. The second-order valence-corrected chi connectivity index (χ2v) is 6.39. The molecule has 1 aromatic rings. The third kappa shape index (κ3) is 8.16. The molecule has 0 unspecified atom stereocenters. The van der Waals surface area contributed by atoms with Crippen molar-refractivity contribution in [3.8, 4) is 0 Å². The van der Waals surface area contributed by atoms with Crippen molar-refractivity contribution in [1.29, 1.82) is 0 Å². The minimum Gasteiger partial charge on any atom is -0.480 e. The number of nitrogens with zero attached hydrogens (tertiary/aromatic N) is 1. The number of ether oxygens (including phenoxy) is 1. The summed E-state index contributed by atoms with van der Waals surface area (Å²) in [5.74, 6) is -1.92. The number of hydrogen-bond donors (Lipinski definition) is 2. The number of rotatable bonds is 7. The number of benzene rings is 1. The van der Waals surface area contributed by atoms with E-state index in [0.717, 1.165) is 10.6 Å². The van der Waals surface area contributed by atoms with Crippen molar-refractivity contribution in [2.45, 2.75) is 45.4 Å². The Kier molecular flexibility index (Phi) is 7.38. The van der Waals surface area contributed by atoms with Crippen LogP contribution < -0.4 is 5.32 Å². The minimum atomic E-state index is -1.41. The fourth-order valence-electron chi connectivity index (χ4n) is 1.77. The zero-order valence-electron chi connectivity index (χ0n) is 14.8. The molecule has 0 bridgehead atoms. The maximum atomic E-state index is 12.1. The average molecular weight is 352 g/mol. The van der Waals surface area contributed by atoms with Crippen LogP contribution in [-0.2, 0) is 25.8 Å². The number of carbonyl (C=O) groups excluding carboxylic acids is 2. The van der Waals surface area contributed by atoms with E-state index in [1.165, 1.54) is 7.05 Å². The van der Waals surface area contributed by atoms with Gasteiger partial charge >= 0.3 is 12.1 Å². The van der Waals surface area contributed by atoms with Crippen molar-refractivity contribution < 1.29 is 29.1 Å². The molecule has 1 aromatic carbocycles. The summed E-state index contributed by atoms with van der Waals surface area (Å²) in [4.78, 5) is 40.3. The van der Waals surface area contributed by atoms with Crippen LogP contribution in [0.2, 0.25) is 0 Å². The number of hydroxylamine groups is 2. The molecule has 0 aliphatic carbocycles. The summed E-state index contributed by atoms with van der Waals surface area (Å²) in [5.41, 5.74) is 0.0935. The molecule has 1 atom stereocenters. The summed E-state index contributed by atoms with van der Waals surface area (Å²) in [6.07, 6.45) is -1.36. The third-order valence-electron chi connectivity index (χ3n) is 2.99. The highest BCUT2D eigenvalue weighted by Crippen LogP contribution is 2.08. The van der Waals surface area contributed by atoms with Gasteiger partial charge in [0.15, 0.2) is 0 Å². The molecule has 138 valence electrons. The molecule has 1 rings (SSSR count). The predicted octanol–water partition coefficient (Wildman–Crippen LogP) is 1.94. The van der Waals surface area contributed by atoms with Gasteiger partial charge in [-0.2, -0.15) is 0 Å². The molecule has 0 aliphatic rings. The first-order valence-electron chi connectivity index (χ1n) is 7.74. The Bertz CT molecular complexity index is 597. The maximum absolute atomic E-state index is 12.1. The van der Waals surface area contributed by atoms with E-state index in [-0.39, 0.29) is 6.61 Å². The van der Waals surface area contributed by atoms with Crippen LogP contribution in [0.3, 0.4) is 0 Å². The summed E-state index contributed by atoms with van der Waals surface area (Å²) in [5, 5.41) is 12.3. The van der Waals surface area contributed by atoms with Gasteiger partial charge in [-0.15, -0.1) is 0 Å². The van der Waals surface area contributed by atoms with Crippen LogP contribution in [-0.4, -0.2) is 46.8 Å². The lowest BCUT2D eigenvalue weighted by atomic mass is 10.2. The Labute approximate surface area is 146 Å². The van der Waals surface area contributed by atoms with Gasteiger partial charge in [0.25, 0.3) is 0 Å². The van der Waals surface area contributed by atoms with Gasteiger partial charge in [-0.25, -0.2) is 14.7 Å². The van der Waals surface area contributed by atoms with Gasteiger partial charge in [0.1, 0.15) is 18.2 Å². The van der Waals surface area contributed by atoms with Gasteiger partial charge in [0.2, 0.25) is 5.91 Å². The molecule has 0 aromatic heterocycles. The monoisotopic (exact) mass is 352 g/mol. The molecule has 0 saturated carbocycles. The third-order valence-corrected chi connectivity index (χ3v) is 2.99. The molecular weight excluding hydrogens is 328 g/mol. The highest BCUT2D eigenvalue weighted by atomic mass is 16.7. The van der Waals surface area contributed by atoms with Gasteiger partial charge in [-0.1, -0.05) is 30.3 Å². The van der Waals surface area contributed by atoms with Crippen molar-refractivity contribution in [3.63, 3.8) is 0 Å². The molecule has 25 heavy (non-hydrogen) atoms. The van der Waals surface area contributed by atoms with E-state index in [1.807, 2.05) is 30.3 Å². The number of alkyl carbamates (subject to hydrolysis) is 1. The number of nitrogens with one attached hydrogen (secondary N) is 1. The van der Waals surface area contributed by atoms with Gasteiger partial charge < -0.3 is 15.2 Å². The summed E-state index contributed by atoms with van der Waals surface area (Å²) in [7, 11) is 1.39. The van der Waals surface area contributed by atoms with Crippen molar-refractivity contribution >= 4 is 18.0 Å². The van der Waals surface area contributed by atoms with Crippen molar-refractivity contribution in [1.82, 2.24) is 10.4 Å². The van der Waals surface area contributed by atoms with Crippen LogP contribution >= 0.6 is 0 Å². The number of amides is 2. The first kappa shape index (κ1) is 20.4. The topological polar surface area (TPSA) is 105 Å². The standard InChI is InChI=1S/C17H24N2O6/c1-17(2,3)25-16(23)18-13(15(21)22)10-14(20)19(4)24-11-12-8-6-5-7-9-12/h5-9,13H,10-11H2,1-4H3,(H,18,23)(H,21,22)/t13-/m0/s1. The first-order valence-corrected chi connectivity index (χ1v) is 7.74. The largest absolute Gasteiger partial charge is 0.480 e. The van der Waals surface area contributed by atoms with E-state index in [9.17, 15) is 19.5 Å². The zero-order valence-corrected chi connectivity index (χ0v) is 14.8. The lowest BCUT2D eigenvalue weighted by molar-refractivity contribution is -0.183. The van der Waals surface area contributed by atoms with Gasteiger partial charge in [-0.3, -0.25) is 9.63 Å². The SMILES string of the molecule is CN(OCc1ccccc1)C(=O)C[C@H](NC(=O)OC(C)(C)C)C(=O)O. The van der Waals surface area contributed by atoms with Crippen molar-refractivity contribution in [2.75, 3.05) is 7.05 Å². The van der Waals surface area contributed by atoms with Crippen LogP contribution in [0.1, 0.15) is 32.8 Å². The van der Waals surface area contributed by atoms with Gasteiger partial charge in [0, 0.05) is 7.05 Å². The molecule has 8 nitrogen and oxygen atoms in total. The molecule has 0 spiro atoms. The molecule has 2 amide bonds. The normalized spacial score (nSPS) is 12.2. The van der Waals surface area contributed by atoms with E-state index in [1.54, 1.807) is 20.8 Å². The van der Waals surface area contributed by atoms with Crippen LogP contribution in [0.4, 0.5) is 4.79 Å². The number of carboxylic acids is 1. The van der Waals surface area contributed by atoms with E-state index in [0.29, 0.717) is 0 Å². The molecular formula is C17H24N2O6. The first-order chi connectivity index (χ1) is 11.6. The predicted molar refractivity (Wildman–Crippen MR) is 89.4 cm³/mol. The quantitative estimate of drug-likeness (QED) is 0.727. The average Bonchev–Trinajstić information content (AvgIpc) is 2.50. The second-order valence-electron chi connectivity index (χ2n) is 6.39. The summed E-state index contributed by atoms with van der Waals surface area (Å²) >= 11 is 0. The molecule has 8 heteroatoms. The summed E-state index contributed by atoms with van der Waals surface area (Å²) in [6, 6.07) is 7.80. The fraction of sp³-hybridized carbons (Fsp3) is 0.471. The fourth-order valence-corrected chi connectivity index (χ4v) is 1.77. The summed E-state index contributed by atoms with van der Waals surface area (Å²) < 4.78 is 5.00. The number of carbonyl (C=O) groups is 3. The molecule has 0 saturated heterocycles. The zero-order chi connectivity index (χ0) is 19.0. The number of hydrogen-bond acceptors (Lipinski definition) is 5. The Morgan fingerprint density at radius 2 is 1.80 bits per heavy atom. The molecule has 0 radical (unpaired) electrons. The molecule has 0 aliphatic heterocycles. The number of carboxylic acid groups (broad SMARTS) is 1. The molecule has 2 N–H and O–H groups in total. The Morgan fingerprint density at radius 1 is 1.20 bits per heavy atom. The van der Waals surface area contributed by atoms with Crippen LogP contribution in [0.25, 0.3) is 0 Å². The van der Waals surface area contributed by atoms with Crippen molar-refractivity contribution in [3.05, 3.63) is 35.9 Å². The van der Waals surface area contributed by atoms with E-state index in [4.69, 9.17) is 9.57 Å². The van der Waals surface area contributed by atoms with E-state index >= 15 is 0 Å². The highest BCUT2D eigenvalue weighted by Gasteiger charge is 2.27. The minimum absolute atomic E-state index is 0.167. The van der Waals surface area contributed by atoms with Crippen LogP contribution in [0.15, 0.2) is 30.3 Å². The molecule has 0 heterocycles.